The highest BCUT2D eigenvalue weighted by Crippen LogP contribution is 2.24. The third-order valence-corrected chi connectivity index (χ3v) is 5.66. The number of nitrogens with one attached hydrogen (secondary N) is 1. The van der Waals surface area contributed by atoms with E-state index in [4.69, 9.17) is 4.74 Å². The molecule has 1 aliphatic heterocycles. The number of ether oxygens (including phenoxy) is 1. The van der Waals surface area contributed by atoms with Crippen molar-refractivity contribution in [3.05, 3.63) is 24.3 Å². The second-order valence-corrected chi connectivity index (χ2v) is 7.71. The Hall–Kier alpha value is -1.59. The van der Waals surface area contributed by atoms with Gasteiger partial charge in [0.25, 0.3) is 0 Å². The molecule has 0 spiro atoms. The summed E-state index contributed by atoms with van der Waals surface area (Å²) in [6.07, 6.45) is 8.22. The van der Waals surface area contributed by atoms with E-state index in [0.29, 0.717) is 6.54 Å². The van der Waals surface area contributed by atoms with Gasteiger partial charge in [0, 0.05) is 25.3 Å². The zero-order chi connectivity index (χ0) is 18.2. The molecule has 1 N–H and O–H groups in total. The van der Waals surface area contributed by atoms with Crippen LogP contribution in [0.2, 0.25) is 0 Å². The van der Waals surface area contributed by atoms with E-state index < -0.39 is 0 Å². The van der Waals surface area contributed by atoms with Gasteiger partial charge < -0.3 is 15.0 Å². The van der Waals surface area contributed by atoms with Gasteiger partial charge in [0.1, 0.15) is 5.75 Å². The summed E-state index contributed by atoms with van der Waals surface area (Å²) >= 11 is 0. The summed E-state index contributed by atoms with van der Waals surface area (Å²) in [4.78, 5) is 17.3. The lowest BCUT2D eigenvalue weighted by atomic mass is 9.89. The van der Waals surface area contributed by atoms with E-state index >= 15 is 0 Å². The maximum atomic E-state index is 12.3. The fourth-order valence-electron chi connectivity index (χ4n) is 4.18. The molecular weight excluding hydrogens is 326 g/mol. The Morgan fingerprint density at radius 3 is 2.42 bits per heavy atom. The summed E-state index contributed by atoms with van der Waals surface area (Å²) in [6, 6.07) is 7.49. The standard InChI is InChI=1S/C21H33N3O2/c1-26-20-10-8-19(9-11-20)22-21(25)17-24-13-5-12-23(14-15-24)16-18-6-3-2-4-7-18/h8-11,18H,2-7,12-17H2,1H3,(H,22,25). The molecule has 2 aliphatic rings. The first-order valence-corrected chi connectivity index (χ1v) is 10.1. The topological polar surface area (TPSA) is 44.8 Å². The smallest absolute Gasteiger partial charge is 0.238 e. The molecule has 2 fully saturated rings. The molecule has 1 saturated carbocycles. The lowest BCUT2D eigenvalue weighted by molar-refractivity contribution is -0.117. The lowest BCUT2D eigenvalue weighted by Crippen LogP contribution is -2.37. The average Bonchev–Trinajstić information content (AvgIpc) is 2.88. The number of hydrogen-bond acceptors (Lipinski definition) is 4. The van der Waals surface area contributed by atoms with Crippen molar-refractivity contribution in [2.24, 2.45) is 5.92 Å². The largest absolute Gasteiger partial charge is 0.497 e. The van der Waals surface area contributed by atoms with Gasteiger partial charge in [-0.15, -0.1) is 0 Å². The number of benzene rings is 1. The normalized spacial score (nSPS) is 20.5. The van der Waals surface area contributed by atoms with Crippen molar-refractivity contribution in [1.29, 1.82) is 0 Å². The SMILES string of the molecule is COc1ccc(NC(=O)CN2CCCN(CC3CCCCC3)CC2)cc1. The van der Waals surface area contributed by atoms with Crippen LogP contribution in [-0.4, -0.2) is 62.1 Å². The minimum Gasteiger partial charge on any atom is -0.497 e. The Labute approximate surface area is 157 Å². The third-order valence-electron chi connectivity index (χ3n) is 5.66. The van der Waals surface area contributed by atoms with E-state index in [2.05, 4.69) is 15.1 Å². The van der Waals surface area contributed by atoms with E-state index in [0.717, 1.165) is 43.4 Å². The summed E-state index contributed by atoms with van der Waals surface area (Å²) in [5.74, 6) is 1.76. The van der Waals surface area contributed by atoms with Crippen molar-refractivity contribution in [2.75, 3.05) is 51.7 Å². The molecule has 1 aromatic rings. The number of hydrogen-bond donors (Lipinski definition) is 1. The van der Waals surface area contributed by atoms with Crippen LogP contribution < -0.4 is 10.1 Å². The summed E-state index contributed by atoms with van der Waals surface area (Å²) in [5.41, 5.74) is 0.824. The van der Waals surface area contributed by atoms with Crippen molar-refractivity contribution in [2.45, 2.75) is 38.5 Å². The Morgan fingerprint density at radius 2 is 1.69 bits per heavy atom. The fourth-order valence-corrected chi connectivity index (χ4v) is 4.18. The van der Waals surface area contributed by atoms with Crippen molar-refractivity contribution in [1.82, 2.24) is 9.80 Å². The summed E-state index contributed by atoms with van der Waals surface area (Å²) in [7, 11) is 1.64. The molecule has 1 saturated heterocycles. The Kier molecular flexibility index (Phi) is 7.32. The average molecular weight is 360 g/mol. The van der Waals surface area contributed by atoms with Crippen LogP contribution in [0.5, 0.6) is 5.75 Å². The molecule has 0 radical (unpaired) electrons. The molecule has 144 valence electrons. The van der Waals surface area contributed by atoms with Gasteiger partial charge in [-0.1, -0.05) is 19.3 Å². The summed E-state index contributed by atoms with van der Waals surface area (Å²) in [5, 5.41) is 2.99. The third kappa shape index (κ3) is 5.99. The van der Waals surface area contributed by atoms with Gasteiger partial charge in [0.15, 0.2) is 0 Å². The molecule has 0 aromatic heterocycles. The molecule has 5 heteroatoms. The Balaban J connectivity index is 1.41. The Bertz CT molecular complexity index is 555. The first-order chi connectivity index (χ1) is 12.7. The minimum atomic E-state index is 0.0656. The minimum absolute atomic E-state index is 0.0656. The molecule has 1 aromatic carbocycles. The number of anilines is 1. The van der Waals surface area contributed by atoms with Crippen LogP contribution in [0.4, 0.5) is 5.69 Å². The number of methoxy groups -OCH3 is 1. The molecule has 26 heavy (non-hydrogen) atoms. The van der Waals surface area contributed by atoms with Crippen LogP contribution in [-0.2, 0) is 4.79 Å². The first kappa shape index (κ1) is 19.2. The van der Waals surface area contributed by atoms with Crippen LogP contribution in [0.25, 0.3) is 0 Å². The maximum Gasteiger partial charge on any atom is 0.238 e. The molecule has 0 bridgehead atoms. The number of carbonyl (C=O) groups is 1. The van der Waals surface area contributed by atoms with Crippen LogP contribution in [0.3, 0.4) is 0 Å². The van der Waals surface area contributed by atoms with Crippen LogP contribution in [0.15, 0.2) is 24.3 Å². The maximum absolute atomic E-state index is 12.3. The second kappa shape index (κ2) is 9.93. The predicted molar refractivity (Wildman–Crippen MR) is 106 cm³/mol. The van der Waals surface area contributed by atoms with Crippen molar-refractivity contribution in [3.8, 4) is 5.75 Å². The number of carbonyl (C=O) groups excluding carboxylic acids is 1. The monoisotopic (exact) mass is 359 g/mol. The van der Waals surface area contributed by atoms with Gasteiger partial charge in [-0.05, 0) is 62.5 Å². The van der Waals surface area contributed by atoms with E-state index in [1.165, 1.54) is 45.2 Å². The highest BCUT2D eigenvalue weighted by molar-refractivity contribution is 5.92. The molecule has 5 nitrogen and oxygen atoms in total. The summed E-state index contributed by atoms with van der Waals surface area (Å²) in [6.45, 7) is 5.99. The van der Waals surface area contributed by atoms with Crippen LogP contribution in [0.1, 0.15) is 38.5 Å². The fraction of sp³-hybridized carbons (Fsp3) is 0.667. The molecule has 0 unspecified atom stereocenters. The van der Waals surface area contributed by atoms with E-state index in [-0.39, 0.29) is 5.91 Å². The van der Waals surface area contributed by atoms with Gasteiger partial charge in [-0.3, -0.25) is 9.69 Å². The van der Waals surface area contributed by atoms with Gasteiger partial charge in [-0.2, -0.15) is 0 Å². The molecule has 1 heterocycles. The highest BCUT2D eigenvalue weighted by Gasteiger charge is 2.21. The van der Waals surface area contributed by atoms with Crippen molar-refractivity contribution >= 4 is 11.6 Å². The van der Waals surface area contributed by atoms with Crippen LogP contribution in [0, 0.1) is 5.92 Å². The molecule has 3 rings (SSSR count). The van der Waals surface area contributed by atoms with Gasteiger partial charge in [0.05, 0.1) is 13.7 Å². The van der Waals surface area contributed by atoms with E-state index in [9.17, 15) is 4.79 Å². The van der Waals surface area contributed by atoms with Gasteiger partial charge in [-0.25, -0.2) is 0 Å². The highest BCUT2D eigenvalue weighted by atomic mass is 16.5. The Morgan fingerprint density at radius 1 is 1.00 bits per heavy atom. The number of amides is 1. The van der Waals surface area contributed by atoms with Gasteiger partial charge >= 0.3 is 0 Å². The zero-order valence-electron chi connectivity index (χ0n) is 16.1. The van der Waals surface area contributed by atoms with Crippen LogP contribution >= 0.6 is 0 Å². The quantitative estimate of drug-likeness (QED) is 0.847. The molecule has 1 aliphatic carbocycles. The van der Waals surface area contributed by atoms with Gasteiger partial charge in [0.2, 0.25) is 5.91 Å². The lowest BCUT2D eigenvalue weighted by Gasteiger charge is -2.28. The van der Waals surface area contributed by atoms with Crippen molar-refractivity contribution in [3.63, 3.8) is 0 Å². The molecule has 1 amide bonds. The van der Waals surface area contributed by atoms with E-state index in [1.807, 2.05) is 24.3 Å². The van der Waals surface area contributed by atoms with Crippen molar-refractivity contribution < 1.29 is 9.53 Å². The predicted octanol–water partition coefficient (Wildman–Crippen LogP) is 3.22. The number of nitrogens with zero attached hydrogens (tertiary/aromatic N) is 2. The number of rotatable bonds is 6. The zero-order valence-corrected chi connectivity index (χ0v) is 16.1. The molecular formula is C21H33N3O2. The summed E-state index contributed by atoms with van der Waals surface area (Å²) < 4.78 is 5.15. The first-order valence-electron chi connectivity index (χ1n) is 10.1. The molecule has 0 atom stereocenters. The van der Waals surface area contributed by atoms with E-state index in [1.54, 1.807) is 7.11 Å². The second-order valence-electron chi connectivity index (χ2n) is 7.71.